The Kier molecular flexibility index (Phi) is 4.17. The van der Waals surface area contributed by atoms with Gasteiger partial charge in [-0.25, -0.2) is 14.8 Å². The number of hydrogen-bond acceptors (Lipinski definition) is 4. The van der Waals surface area contributed by atoms with Crippen molar-refractivity contribution in [1.29, 1.82) is 0 Å². The summed E-state index contributed by atoms with van der Waals surface area (Å²) in [5, 5.41) is 11.4. The van der Waals surface area contributed by atoms with Crippen molar-refractivity contribution in [2.24, 2.45) is 0 Å². The zero-order chi connectivity index (χ0) is 16.6. The van der Waals surface area contributed by atoms with Crippen LogP contribution in [-0.4, -0.2) is 25.6 Å². The van der Waals surface area contributed by atoms with Gasteiger partial charge in [0.15, 0.2) is 5.69 Å². The number of nitrogens with zero attached hydrogens (tertiary/aromatic N) is 3. The first-order valence-electron chi connectivity index (χ1n) is 7.63. The van der Waals surface area contributed by atoms with Gasteiger partial charge in [-0.05, 0) is 43.5 Å². The fourth-order valence-electron chi connectivity index (χ4n) is 2.64. The summed E-state index contributed by atoms with van der Waals surface area (Å²) in [6, 6.07) is 4.27. The fourth-order valence-corrected chi connectivity index (χ4v) is 3.39. The normalized spacial score (nSPS) is 11.3. The third kappa shape index (κ3) is 2.99. The van der Waals surface area contributed by atoms with Gasteiger partial charge >= 0.3 is 5.97 Å². The van der Waals surface area contributed by atoms with Crippen molar-refractivity contribution in [3.63, 3.8) is 0 Å². The van der Waals surface area contributed by atoms with Gasteiger partial charge < -0.3 is 9.67 Å². The van der Waals surface area contributed by atoms with E-state index in [1.807, 2.05) is 0 Å². The molecular weight excluding hydrogens is 310 g/mol. The number of aromatic nitrogens is 3. The maximum absolute atomic E-state index is 11.0. The Morgan fingerprint density at radius 3 is 2.65 bits per heavy atom. The molecular formula is C17H19N3O2S. The van der Waals surface area contributed by atoms with E-state index < -0.39 is 5.97 Å². The lowest BCUT2D eigenvalue weighted by Gasteiger charge is -2.07. The number of imidazole rings is 1. The standard InChI is InChI=1S/C17H19N3O2S/c1-4-5-15-18-12-6-10(2)11(3)7-14(12)20(15)8-16-19-13(9-23-16)17(21)22/h6-7,9H,4-5,8H2,1-3H3,(H,21,22). The molecule has 2 heterocycles. The van der Waals surface area contributed by atoms with Crippen LogP contribution in [0.4, 0.5) is 0 Å². The minimum Gasteiger partial charge on any atom is -0.476 e. The highest BCUT2D eigenvalue weighted by Crippen LogP contribution is 2.23. The number of benzene rings is 1. The van der Waals surface area contributed by atoms with Crippen molar-refractivity contribution < 1.29 is 9.90 Å². The largest absolute Gasteiger partial charge is 0.476 e. The van der Waals surface area contributed by atoms with Crippen LogP contribution in [0.1, 0.15) is 45.8 Å². The zero-order valence-electron chi connectivity index (χ0n) is 13.5. The molecule has 3 aromatic rings. The minimum absolute atomic E-state index is 0.110. The SMILES string of the molecule is CCCc1nc2cc(C)c(C)cc2n1Cc1nc(C(=O)O)cs1. The summed E-state index contributed by atoms with van der Waals surface area (Å²) in [7, 11) is 0. The maximum atomic E-state index is 11.0. The molecule has 1 N–H and O–H groups in total. The molecule has 0 radical (unpaired) electrons. The van der Waals surface area contributed by atoms with Crippen LogP contribution in [0.2, 0.25) is 0 Å². The topological polar surface area (TPSA) is 68.0 Å². The van der Waals surface area contributed by atoms with Crippen molar-refractivity contribution in [3.8, 4) is 0 Å². The highest BCUT2D eigenvalue weighted by atomic mass is 32.1. The second-order valence-electron chi connectivity index (χ2n) is 5.72. The van der Waals surface area contributed by atoms with Crippen molar-refractivity contribution in [3.05, 3.63) is 45.2 Å². The summed E-state index contributed by atoms with van der Waals surface area (Å²) < 4.78 is 2.16. The molecule has 0 unspecified atom stereocenters. The van der Waals surface area contributed by atoms with Crippen LogP contribution < -0.4 is 0 Å². The van der Waals surface area contributed by atoms with Crippen LogP contribution in [0.5, 0.6) is 0 Å². The van der Waals surface area contributed by atoms with Gasteiger partial charge in [-0.2, -0.15) is 0 Å². The van der Waals surface area contributed by atoms with Gasteiger partial charge in [0.1, 0.15) is 10.8 Å². The van der Waals surface area contributed by atoms with E-state index in [9.17, 15) is 4.79 Å². The lowest BCUT2D eigenvalue weighted by Crippen LogP contribution is -2.06. The third-order valence-electron chi connectivity index (χ3n) is 3.98. The number of fused-ring (bicyclic) bond motifs is 1. The van der Waals surface area contributed by atoms with Crippen molar-refractivity contribution in [2.75, 3.05) is 0 Å². The second-order valence-corrected chi connectivity index (χ2v) is 6.66. The van der Waals surface area contributed by atoms with Gasteiger partial charge in [-0.1, -0.05) is 6.92 Å². The molecule has 0 aliphatic rings. The molecule has 0 bridgehead atoms. The average molecular weight is 329 g/mol. The maximum Gasteiger partial charge on any atom is 0.355 e. The molecule has 5 nitrogen and oxygen atoms in total. The van der Waals surface area contributed by atoms with E-state index >= 15 is 0 Å². The van der Waals surface area contributed by atoms with Crippen LogP contribution >= 0.6 is 11.3 Å². The fraction of sp³-hybridized carbons (Fsp3) is 0.353. The number of rotatable bonds is 5. The van der Waals surface area contributed by atoms with Gasteiger partial charge in [0.2, 0.25) is 0 Å². The molecule has 0 amide bonds. The van der Waals surface area contributed by atoms with Crippen LogP contribution in [0.3, 0.4) is 0 Å². The van der Waals surface area contributed by atoms with E-state index in [1.54, 1.807) is 5.38 Å². The van der Waals surface area contributed by atoms with E-state index in [4.69, 9.17) is 10.1 Å². The van der Waals surface area contributed by atoms with E-state index in [2.05, 4.69) is 42.5 Å². The van der Waals surface area contributed by atoms with Crippen molar-refractivity contribution in [2.45, 2.75) is 40.2 Å². The van der Waals surface area contributed by atoms with Crippen LogP contribution in [0.15, 0.2) is 17.5 Å². The van der Waals surface area contributed by atoms with E-state index in [0.29, 0.717) is 6.54 Å². The van der Waals surface area contributed by atoms with Crippen molar-refractivity contribution >= 4 is 28.3 Å². The number of hydrogen-bond donors (Lipinski definition) is 1. The summed E-state index contributed by atoms with van der Waals surface area (Å²) in [5.41, 5.74) is 4.65. The smallest absolute Gasteiger partial charge is 0.355 e. The molecule has 6 heteroatoms. The first-order chi connectivity index (χ1) is 11.0. The third-order valence-corrected chi connectivity index (χ3v) is 4.81. The molecule has 120 valence electrons. The van der Waals surface area contributed by atoms with E-state index in [0.717, 1.165) is 34.7 Å². The Morgan fingerprint density at radius 1 is 1.26 bits per heavy atom. The van der Waals surface area contributed by atoms with Crippen LogP contribution in [0.25, 0.3) is 11.0 Å². The molecule has 0 spiro atoms. The Morgan fingerprint density at radius 2 is 2.00 bits per heavy atom. The Bertz CT molecular complexity index is 879. The molecule has 0 saturated heterocycles. The molecule has 3 rings (SSSR count). The van der Waals surface area contributed by atoms with Crippen molar-refractivity contribution in [1.82, 2.24) is 14.5 Å². The molecule has 0 saturated carbocycles. The zero-order valence-corrected chi connectivity index (χ0v) is 14.3. The molecule has 0 atom stereocenters. The van der Waals surface area contributed by atoms with Gasteiger partial charge in [0.05, 0.1) is 17.6 Å². The first-order valence-corrected chi connectivity index (χ1v) is 8.51. The Balaban J connectivity index is 2.07. The van der Waals surface area contributed by atoms with E-state index in [1.165, 1.54) is 22.5 Å². The lowest BCUT2D eigenvalue weighted by molar-refractivity contribution is 0.0691. The monoisotopic (exact) mass is 329 g/mol. The molecule has 2 aromatic heterocycles. The molecule has 0 aliphatic heterocycles. The number of aromatic carboxylic acids is 1. The number of thiazole rings is 1. The highest BCUT2D eigenvalue weighted by molar-refractivity contribution is 7.09. The Hall–Kier alpha value is -2.21. The molecule has 23 heavy (non-hydrogen) atoms. The number of aryl methyl sites for hydroxylation is 3. The molecule has 0 aliphatic carbocycles. The minimum atomic E-state index is -0.983. The molecule has 0 fully saturated rings. The first kappa shape index (κ1) is 15.7. The van der Waals surface area contributed by atoms with Gasteiger partial charge in [-0.3, -0.25) is 0 Å². The summed E-state index contributed by atoms with van der Waals surface area (Å²) in [6.07, 6.45) is 1.91. The summed E-state index contributed by atoms with van der Waals surface area (Å²) in [6.45, 7) is 6.88. The van der Waals surface area contributed by atoms with Crippen LogP contribution in [-0.2, 0) is 13.0 Å². The van der Waals surface area contributed by atoms with Crippen LogP contribution in [0, 0.1) is 13.8 Å². The second kappa shape index (κ2) is 6.12. The summed E-state index contributed by atoms with van der Waals surface area (Å²) in [5.74, 6) is 0.0443. The van der Waals surface area contributed by atoms with Gasteiger partial charge in [0, 0.05) is 11.8 Å². The Labute approximate surface area is 138 Å². The van der Waals surface area contributed by atoms with Gasteiger partial charge in [0.25, 0.3) is 0 Å². The summed E-state index contributed by atoms with van der Waals surface area (Å²) >= 11 is 1.38. The number of carboxylic acid groups (broad SMARTS) is 1. The quantitative estimate of drug-likeness (QED) is 0.773. The lowest BCUT2D eigenvalue weighted by atomic mass is 10.1. The van der Waals surface area contributed by atoms with Gasteiger partial charge in [-0.15, -0.1) is 11.3 Å². The number of carboxylic acids is 1. The highest BCUT2D eigenvalue weighted by Gasteiger charge is 2.15. The molecule has 1 aromatic carbocycles. The predicted molar refractivity (Wildman–Crippen MR) is 91.4 cm³/mol. The summed E-state index contributed by atoms with van der Waals surface area (Å²) in [4.78, 5) is 20.0. The number of carbonyl (C=O) groups is 1. The predicted octanol–water partition coefficient (Wildman–Crippen LogP) is 3.81. The van der Waals surface area contributed by atoms with E-state index in [-0.39, 0.29) is 5.69 Å². The average Bonchev–Trinajstić information content (AvgIpc) is 3.08.